The van der Waals surface area contributed by atoms with Gasteiger partial charge in [-0.15, -0.1) is 0 Å². The van der Waals surface area contributed by atoms with Gasteiger partial charge >= 0.3 is 6.18 Å². The molecule has 10 heteroatoms. The van der Waals surface area contributed by atoms with Gasteiger partial charge in [0.05, 0.1) is 11.8 Å². The number of rotatable bonds is 4. The van der Waals surface area contributed by atoms with Crippen LogP contribution in [-0.4, -0.2) is 21.0 Å². The quantitative estimate of drug-likeness (QED) is 0.775. The Bertz CT molecular complexity index is 874. The van der Waals surface area contributed by atoms with Gasteiger partial charge in [-0.3, -0.25) is 9.78 Å². The van der Waals surface area contributed by atoms with Crippen molar-refractivity contribution in [2.45, 2.75) is 19.1 Å². The van der Waals surface area contributed by atoms with Gasteiger partial charge < -0.3 is 14.3 Å². The molecule has 0 aromatic carbocycles. The van der Waals surface area contributed by atoms with E-state index >= 15 is 0 Å². The highest BCUT2D eigenvalue weighted by Gasteiger charge is 2.33. The molecular formula is C15H11F3N4O3. The third-order valence-corrected chi connectivity index (χ3v) is 3.25. The van der Waals surface area contributed by atoms with Gasteiger partial charge in [-0.05, 0) is 25.1 Å². The van der Waals surface area contributed by atoms with Crippen molar-refractivity contribution in [1.82, 2.24) is 20.4 Å². The summed E-state index contributed by atoms with van der Waals surface area (Å²) in [6, 6.07) is 2.99. The van der Waals surface area contributed by atoms with Crippen molar-refractivity contribution in [3.63, 3.8) is 0 Å². The summed E-state index contributed by atoms with van der Waals surface area (Å²) < 4.78 is 48.0. The van der Waals surface area contributed by atoms with Crippen LogP contribution in [0.5, 0.6) is 0 Å². The summed E-state index contributed by atoms with van der Waals surface area (Å²) >= 11 is 0. The molecule has 130 valence electrons. The lowest BCUT2D eigenvalue weighted by molar-refractivity contribution is -0.141. The summed E-state index contributed by atoms with van der Waals surface area (Å²) in [4.78, 5) is 19.2. The van der Waals surface area contributed by atoms with Gasteiger partial charge in [-0.25, -0.2) is 0 Å². The zero-order valence-electron chi connectivity index (χ0n) is 12.7. The van der Waals surface area contributed by atoms with Crippen LogP contribution in [0, 0.1) is 0 Å². The molecule has 0 aliphatic heterocycles. The van der Waals surface area contributed by atoms with Crippen LogP contribution in [0.2, 0.25) is 0 Å². The molecule has 1 N–H and O–H groups in total. The molecule has 0 aliphatic carbocycles. The number of halogens is 3. The molecule has 3 aromatic rings. The molecule has 0 saturated heterocycles. The number of furan rings is 1. The van der Waals surface area contributed by atoms with E-state index in [9.17, 15) is 18.0 Å². The van der Waals surface area contributed by atoms with Gasteiger partial charge in [0.15, 0.2) is 0 Å². The largest absolute Gasteiger partial charge is 0.472 e. The SMILES string of the molecule is CC(NC(=O)c1ccoc1)c1nc(-c2ccnc(C(F)(F)F)c2)no1. The first-order valence-corrected chi connectivity index (χ1v) is 7.05. The van der Waals surface area contributed by atoms with E-state index in [0.717, 1.165) is 12.3 Å². The second-order valence-corrected chi connectivity index (χ2v) is 5.09. The predicted octanol–water partition coefficient (Wildman–Crippen LogP) is 3.23. The summed E-state index contributed by atoms with van der Waals surface area (Å²) in [5.41, 5.74) is -0.640. The Kier molecular flexibility index (Phi) is 4.26. The Morgan fingerprint density at radius 2 is 2.12 bits per heavy atom. The number of pyridine rings is 1. The Morgan fingerprint density at radius 3 is 2.80 bits per heavy atom. The van der Waals surface area contributed by atoms with Gasteiger partial charge in [0.25, 0.3) is 5.91 Å². The fourth-order valence-electron chi connectivity index (χ4n) is 1.99. The van der Waals surface area contributed by atoms with Crippen molar-refractivity contribution in [1.29, 1.82) is 0 Å². The molecule has 0 saturated carbocycles. The van der Waals surface area contributed by atoms with Gasteiger partial charge in [-0.2, -0.15) is 18.2 Å². The molecule has 0 bridgehead atoms. The highest BCUT2D eigenvalue weighted by atomic mass is 19.4. The van der Waals surface area contributed by atoms with Gasteiger partial charge in [0.2, 0.25) is 11.7 Å². The number of hydrogen-bond donors (Lipinski definition) is 1. The first-order valence-electron chi connectivity index (χ1n) is 7.05. The smallest absolute Gasteiger partial charge is 0.433 e. The number of alkyl halides is 3. The Labute approximate surface area is 138 Å². The lowest BCUT2D eigenvalue weighted by atomic mass is 10.2. The molecule has 1 amide bonds. The van der Waals surface area contributed by atoms with E-state index in [0.29, 0.717) is 5.56 Å². The number of carbonyl (C=O) groups excluding carboxylic acids is 1. The highest BCUT2D eigenvalue weighted by Crippen LogP contribution is 2.29. The van der Waals surface area contributed by atoms with Crippen LogP contribution in [0.15, 0.2) is 45.9 Å². The van der Waals surface area contributed by atoms with Gasteiger partial charge in [0.1, 0.15) is 18.0 Å². The molecule has 7 nitrogen and oxygen atoms in total. The molecular weight excluding hydrogens is 341 g/mol. The number of nitrogens with one attached hydrogen (secondary N) is 1. The fraction of sp³-hybridized carbons (Fsp3) is 0.200. The minimum absolute atomic E-state index is 0.0349. The maximum Gasteiger partial charge on any atom is 0.433 e. The molecule has 0 aliphatic rings. The molecule has 0 radical (unpaired) electrons. The number of nitrogens with zero attached hydrogens (tertiary/aromatic N) is 3. The zero-order chi connectivity index (χ0) is 18.0. The molecule has 1 atom stereocenters. The topological polar surface area (TPSA) is 94.1 Å². The van der Waals surface area contributed by atoms with Crippen molar-refractivity contribution in [2.75, 3.05) is 0 Å². The van der Waals surface area contributed by atoms with Crippen LogP contribution in [0.4, 0.5) is 13.2 Å². The van der Waals surface area contributed by atoms with E-state index in [-0.39, 0.29) is 17.3 Å². The molecule has 3 aromatic heterocycles. The summed E-state index contributed by atoms with van der Waals surface area (Å²) in [5, 5.41) is 6.26. The Hall–Kier alpha value is -3.17. The van der Waals surface area contributed by atoms with Crippen LogP contribution in [-0.2, 0) is 6.18 Å². The van der Waals surface area contributed by atoms with Crippen molar-refractivity contribution in [3.05, 3.63) is 54.1 Å². The molecule has 3 rings (SSSR count). The van der Waals surface area contributed by atoms with Crippen LogP contribution >= 0.6 is 0 Å². The maximum absolute atomic E-state index is 12.7. The summed E-state index contributed by atoms with van der Waals surface area (Å²) in [6.07, 6.45) is -0.935. The zero-order valence-corrected chi connectivity index (χ0v) is 12.7. The number of amides is 1. The molecule has 0 spiro atoms. The van der Waals surface area contributed by atoms with Crippen LogP contribution in [0.25, 0.3) is 11.4 Å². The lowest BCUT2D eigenvalue weighted by Crippen LogP contribution is -2.26. The van der Waals surface area contributed by atoms with Gasteiger partial charge in [0, 0.05) is 11.8 Å². The molecule has 25 heavy (non-hydrogen) atoms. The van der Waals surface area contributed by atoms with E-state index in [4.69, 9.17) is 8.94 Å². The second-order valence-electron chi connectivity index (χ2n) is 5.09. The molecule has 3 heterocycles. The monoisotopic (exact) mass is 352 g/mol. The fourth-order valence-corrected chi connectivity index (χ4v) is 1.99. The van der Waals surface area contributed by atoms with Crippen LogP contribution in [0.3, 0.4) is 0 Å². The van der Waals surface area contributed by atoms with Gasteiger partial charge in [-0.1, -0.05) is 5.16 Å². The average molecular weight is 352 g/mol. The number of carbonyl (C=O) groups is 1. The lowest BCUT2D eigenvalue weighted by Gasteiger charge is -2.08. The van der Waals surface area contributed by atoms with E-state index in [1.807, 2.05) is 0 Å². The summed E-state index contributed by atoms with van der Waals surface area (Å²) in [7, 11) is 0. The van der Waals surface area contributed by atoms with Crippen LogP contribution < -0.4 is 5.32 Å². The van der Waals surface area contributed by atoms with E-state index in [1.54, 1.807) is 6.92 Å². The molecule has 0 fully saturated rings. The third kappa shape index (κ3) is 3.67. The maximum atomic E-state index is 12.7. The second kappa shape index (κ2) is 6.38. The summed E-state index contributed by atoms with van der Waals surface area (Å²) in [6.45, 7) is 1.60. The Balaban J connectivity index is 1.77. The summed E-state index contributed by atoms with van der Waals surface area (Å²) in [5.74, 6) is -0.395. The van der Waals surface area contributed by atoms with Crippen LogP contribution in [0.1, 0.15) is 34.9 Å². The van der Waals surface area contributed by atoms with Crippen molar-refractivity contribution >= 4 is 5.91 Å². The molecule has 1 unspecified atom stereocenters. The number of aromatic nitrogens is 3. The minimum atomic E-state index is -4.57. The van der Waals surface area contributed by atoms with Crippen molar-refractivity contribution < 1.29 is 26.9 Å². The minimum Gasteiger partial charge on any atom is -0.472 e. The van der Waals surface area contributed by atoms with E-state index in [2.05, 4.69) is 20.4 Å². The normalized spacial score (nSPS) is 12.8. The highest BCUT2D eigenvalue weighted by molar-refractivity contribution is 5.93. The average Bonchev–Trinajstić information content (AvgIpc) is 3.26. The van der Waals surface area contributed by atoms with Crippen molar-refractivity contribution in [2.24, 2.45) is 0 Å². The number of hydrogen-bond acceptors (Lipinski definition) is 6. The standard InChI is InChI=1S/C15H11F3N4O3/c1-8(20-13(23)10-3-5-24-7-10)14-21-12(22-25-14)9-2-4-19-11(6-9)15(16,17)18/h2-8H,1H3,(H,20,23). The predicted molar refractivity (Wildman–Crippen MR) is 77.1 cm³/mol. The van der Waals surface area contributed by atoms with Crippen molar-refractivity contribution in [3.8, 4) is 11.4 Å². The van der Waals surface area contributed by atoms with E-state index in [1.165, 1.54) is 24.7 Å². The first kappa shape index (κ1) is 16.7. The third-order valence-electron chi connectivity index (χ3n) is 3.25. The Morgan fingerprint density at radius 1 is 1.32 bits per heavy atom. The first-order chi connectivity index (χ1) is 11.8. The van der Waals surface area contributed by atoms with E-state index < -0.39 is 23.8 Å².